The minimum absolute atomic E-state index is 0.303. The molecule has 1 fully saturated rings. The zero-order valence-corrected chi connectivity index (χ0v) is 7.32. The monoisotopic (exact) mass is 177 g/mol. The maximum Gasteiger partial charge on any atom is 0.223 e. The maximum atomic E-state index is 11.4. The summed E-state index contributed by atoms with van der Waals surface area (Å²) in [7, 11) is 0. The van der Waals surface area contributed by atoms with E-state index < -0.39 is 0 Å². The maximum absolute atomic E-state index is 11.4. The second kappa shape index (κ2) is 2.37. The topological polar surface area (TPSA) is 33.5 Å². The third kappa shape index (κ3) is 0.870. The summed E-state index contributed by atoms with van der Waals surface area (Å²) in [5.41, 5.74) is 1.23. The third-order valence-electron chi connectivity index (χ3n) is 3.05. The molecule has 68 valence electrons. The summed E-state index contributed by atoms with van der Waals surface area (Å²) in [5.74, 6) is 1.38. The molecule has 1 unspecified atom stereocenters. The molecule has 3 heteroatoms. The van der Waals surface area contributed by atoms with Gasteiger partial charge >= 0.3 is 0 Å². The average molecular weight is 177 g/mol. The standard InChI is InChI=1S/C10H11NO2/c12-10-2-1-8-7-4-6-13-9(7)3-5-11(8)10/h4,6,8H,1-3,5H2. The highest BCUT2D eigenvalue weighted by molar-refractivity contribution is 5.79. The molecule has 3 nitrogen and oxygen atoms in total. The Morgan fingerprint density at radius 2 is 2.38 bits per heavy atom. The average Bonchev–Trinajstić information content (AvgIpc) is 2.70. The van der Waals surface area contributed by atoms with Crippen molar-refractivity contribution in [3.8, 4) is 0 Å². The van der Waals surface area contributed by atoms with Crippen LogP contribution in [0.2, 0.25) is 0 Å². The molecule has 0 saturated carbocycles. The van der Waals surface area contributed by atoms with Crippen molar-refractivity contribution in [2.75, 3.05) is 6.54 Å². The highest BCUT2D eigenvalue weighted by Gasteiger charge is 2.37. The van der Waals surface area contributed by atoms with Crippen LogP contribution in [0, 0.1) is 0 Å². The number of furan rings is 1. The molecule has 1 amide bonds. The molecule has 0 radical (unpaired) electrons. The van der Waals surface area contributed by atoms with E-state index in [0.717, 1.165) is 25.1 Å². The number of nitrogens with zero attached hydrogens (tertiary/aromatic N) is 1. The Hall–Kier alpha value is -1.25. The van der Waals surface area contributed by atoms with Crippen LogP contribution >= 0.6 is 0 Å². The van der Waals surface area contributed by atoms with E-state index >= 15 is 0 Å². The van der Waals surface area contributed by atoms with E-state index in [4.69, 9.17) is 4.42 Å². The number of hydrogen-bond donors (Lipinski definition) is 0. The summed E-state index contributed by atoms with van der Waals surface area (Å²) in [6.45, 7) is 0.837. The summed E-state index contributed by atoms with van der Waals surface area (Å²) in [6, 6.07) is 2.32. The second-order valence-electron chi connectivity index (χ2n) is 3.69. The Morgan fingerprint density at radius 1 is 1.46 bits per heavy atom. The van der Waals surface area contributed by atoms with Gasteiger partial charge in [-0.3, -0.25) is 4.79 Å². The highest BCUT2D eigenvalue weighted by Crippen LogP contribution is 2.38. The zero-order chi connectivity index (χ0) is 8.84. The first-order valence-electron chi connectivity index (χ1n) is 4.72. The van der Waals surface area contributed by atoms with Crippen molar-refractivity contribution in [1.82, 2.24) is 4.90 Å². The van der Waals surface area contributed by atoms with Crippen LogP contribution in [0.3, 0.4) is 0 Å². The van der Waals surface area contributed by atoms with E-state index in [1.165, 1.54) is 5.56 Å². The van der Waals surface area contributed by atoms with E-state index in [-0.39, 0.29) is 0 Å². The minimum atomic E-state index is 0.303. The number of carbonyl (C=O) groups excluding carboxylic acids is 1. The van der Waals surface area contributed by atoms with Gasteiger partial charge in [-0.2, -0.15) is 0 Å². The van der Waals surface area contributed by atoms with Crippen LogP contribution in [0.1, 0.15) is 30.2 Å². The lowest BCUT2D eigenvalue weighted by atomic mass is 10.0. The fourth-order valence-corrected chi connectivity index (χ4v) is 2.41. The van der Waals surface area contributed by atoms with Crippen LogP contribution < -0.4 is 0 Å². The van der Waals surface area contributed by atoms with Crippen molar-refractivity contribution in [1.29, 1.82) is 0 Å². The van der Waals surface area contributed by atoms with Crippen molar-refractivity contribution < 1.29 is 9.21 Å². The Labute approximate surface area is 76.3 Å². The molecular weight excluding hydrogens is 166 g/mol. The van der Waals surface area contributed by atoms with Crippen molar-refractivity contribution in [3.05, 3.63) is 23.7 Å². The van der Waals surface area contributed by atoms with Crippen molar-refractivity contribution >= 4 is 5.91 Å². The third-order valence-corrected chi connectivity index (χ3v) is 3.05. The van der Waals surface area contributed by atoms with Crippen molar-refractivity contribution in [3.63, 3.8) is 0 Å². The predicted octanol–water partition coefficient (Wildman–Crippen LogP) is 1.50. The Kier molecular flexibility index (Phi) is 1.31. The summed E-state index contributed by atoms with van der Waals surface area (Å²) in [4.78, 5) is 13.4. The Morgan fingerprint density at radius 3 is 3.31 bits per heavy atom. The second-order valence-corrected chi connectivity index (χ2v) is 3.69. The molecule has 0 bridgehead atoms. The molecule has 2 aliphatic heterocycles. The molecule has 3 rings (SSSR count). The first-order valence-corrected chi connectivity index (χ1v) is 4.72. The number of amides is 1. The summed E-state index contributed by atoms with van der Waals surface area (Å²) < 4.78 is 5.36. The van der Waals surface area contributed by atoms with Crippen LogP contribution in [-0.2, 0) is 11.2 Å². The lowest BCUT2D eigenvalue weighted by Gasteiger charge is -2.28. The lowest BCUT2D eigenvalue weighted by molar-refractivity contribution is -0.129. The fourth-order valence-electron chi connectivity index (χ4n) is 2.41. The van der Waals surface area contributed by atoms with Gasteiger partial charge in [-0.05, 0) is 12.5 Å². The lowest BCUT2D eigenvalue weighted by Crippen LogP contribution is -2.33. The van der Waals surface area contributed by atoms with E-state index in [1.807, 2.05) is 11.0 Å². The molecule has 1 saturated heterocycles. The van der Waals surface area contributed by atoms with Gasteiger partial charge in [0.25, 0.3) is 0 Å². The Balaban J connectivity index is 2.05. The van der Waals surface area contributed by atoms with Crippen LogP contribution in [-0.4, -0.2) is 17.4 Å². The van der Waals surface area contributed by atoms with Gasteiger partial charge in [0.2, 0.25) is 5.91 Å². The first kappa shape index (κ1) is 7.18. The fraction of sp³-hybridized carbons (Fsp3) is 0.500. The van der Waals surface area contributed by atoms with E-state index in [1.54, 1.807) is 6.26 Å². The number of fused-ring (bicyclic) bond motifs is 3. The molecule has 0 N–H and O–H groups in total. The first-order chi connectivity index (χ1) is 6.36. The van der Waals surface area contributed by atoms with Crippen molar-refractivity contribution in [2.45, 2.75) is 25.3 Å². The normalized spacial score (nSPS) is 26.0. The highest BCUT2D eigenvalue weighted by atomic mass is 16.3. The summed E-state index contributed by atoms with van der Waals surface area (Å²) in [5, 5.41) is 0. The summed E-state index contributed by atoms with van der Waals surface area (Å²) in [6.07, 6.45) is 4.28. The minimum Gasteiger partial charge on any atom is -0.469 e. The van der Waals surface area contributed by atoms with Gasteiger partial charge in [0.1, 0.15) is 5.76 Å². The summed E-state index contributed by atoms with van der Waals surface area (Å²) >= 11 is 0. The molecule has 0 aliphatic carbocycles. The quantitative estimate of drug-likeness (QED) is 0.601. The molecule has 1 aromatic rings. The van der Waals surface area contributed by atoms with Crippen molar-refractivity contribution in [2.24, 2.45) is 0 Å². The van der Waals surface area contributed by atoms with Gasteiger partial charge in [0.05, 0.1) is 12.3 Å². The molecule has 0 aromatic carbocycles. The van der Waals surface area contributed by atoms with E-state index in [0.29, 0.717) is 18.4 Å². The molecule has 1 atom stereocenters. The van der Waals surface area contributed by atoms with Crippen LogP contribution in [0.25, 0.3) is 0 Å². The van der Waals surface area contributed by atoms with Gasteiger partial charge in [0.15, 0.2) is 0 Å². The number of carbonyl (C=O) groups is 1. The van der Waals surface area contributed by atoms with E-state index in [9.17, 15) is 4.79 Å². The van der Waals surface area contributed by atoms with Gasteiger partial charge in [-0.15, -0.1) is 0 Å². The molecule has 1 aromatic heterocycles. The van der Waals surface area contributed by atoms with Crippen LogP contribution in [0.15, 0.2) is 16.7 Å². The molecule has 2 aliphatic rings. The SMILES string of the molecule is O=C1CCC2c3ccoc3CCN12. The van der Waals surface area contributed by atoms with Gasteiger partial charge in [0, 0.05) is 24.9 Å². The molecule has 3 heterocycles. The van der Waals surface area contributed by atoms with Crippen LogP contribution in [0.4, 0.5) is 0 Å². The zero-order valence-electron chi connectivity index (χ0n) is 7.32. The number of hydrogen-bond acceptors (Lipinski definition) is 2. The van der Waals surface area contributed by atoms with Gasteiger partial charge < -0.3 is 9.32 Å². The predicted molar refractivity (Wildman–Crippen MR) is 46.1 cm³/mol. The number of rotatable bonds is 0. The van der Waals surface area contributed by atoms with Gasteiger partial charge in [-0.1, -0.05) is 0 Å². The smallest absolute Gasteiger partial charge is 0.223 e. The van der Waals surface area contributed by atoms with E-state index in [2.05, 4.69) is 0 Å². The van der Waals surface area contributed by atoms with Crippen LogP contribution in [0.5, 0.6) is 0 Å². The largest absolute Gasteiger partial charge is 0.469 e. The molecule has 13 heavy (non-hydrogen) atoms. The molecular formula is C10H11NO2. The Bertz CT molecular complexity index is 356. The van der Waals surface area contributed by atoms with Gasteiger partial charge in [-0.25, -0.2) is 0 Å². The molecule has 0 spiro atoms.